The van der Waals surface area contributed by atoms with Crippen LogP contribution in [0, 0.1) is 0 Å². The van der Waals surface area contributed by atoms with Gasteiger partial charge in [0.25, 0.3) is 0 Å². The third-order valence-electron chi connectivity index (χ3n) is 2.51. The minimum atomic E-state index is 0.122. The number of unbranched alkanes of at least 4 members (excludes halogenated alkanes) is 1. The summed E-state index contributed by atoms with van der Waals surface area (Å²) < 4.78 is 0.855. The van der Waals surface area contributed by atoms with E-state index < -0.39 is 0 Å². The summed E-state index contributed by atoms with van der Waals surface area (Å²) in [6, 6.07) is 0. The molecule has 0 bridgehead atoms. The van der Waals surface area contributed by atoms with Gasteiger partial charge in [-0.15, -0.1) is 0 Å². The first-order chi connectivity index (χ1) is 8.72. The van der Waals surface area contributed by atoms with E-state index in [4.69, 9.17) is 5.11 Å². The van der Waals surface area contributed by atoms with Crippen LogP contribution in [0.3, 0.4) is 0 Å². The average molecular weight is 317 g/mol. The highest BCUT2D eigenvalue weighted by Gasteiger charge is 2.12. The molecule has 0 radical (unpaired) electrons. The summed E-state index contributed by atoms with van der Waals surface area (Å²) in [6.07, 6.45) is 3.94. The number of halogens is 1. The van der Waals surface area contributed by atoms with Gasteiger partial charge in [-0.1, -0.05) is 13.3 Å². The molecule has 1 heterocycles. The number of hydrogen-bond acceptors (Lipinski definition) is 5. The zero-order valence-electron chi connectivity index (χ0n) is 11.0. The van der Waals surface area contributed by atoms with Gasteiger partial charge in [0.2, 0.25) is 5.95 Å². The van der Waals surface area contributed by atoms with Crippen molar-refractivity contribution in [3.05, 3.63) is 10.7 Å². The summed E-state index contributed by atoms with van der Waals surface area (Å²) >= 11 is 3.47. The van der Waals surface area contributed by atoms with Crippen molar-refractivity contribution in [2.75, 3.05) is 36.5 Å². The summed E-state index contributed by atoms with van der Waals surface area (Å²) in [5.41, 5.74) is 0. The van der Waals surface area contributed by atoms with Gasteiger partial charge in [0.1, 0.15) is 5.82 Å². The predicted molar refractivity (Wildman–Crippen MR) is 78.1 cm³/mol. The quantitative estimate of drug-likeness (QED) is 0.770. The highest BCUT2D eigenvalue weighted by Crippen LogP contribution is 2.24. The van der Waals surface area contributed by atoms with Crippen LogP contribution in [0.15, 0.2) is 10.7 Å². The third-order valence-corrected chi connectivity index (χ3v) is 3.07. The largest absolute Gasteiger partial charge is 0.395 e. The molecule has 0 aromatic carbocycles. The lowest BCUT2D eigenvalue weighted by Gasteiger charge is -2.24. The van der Waals surface area contributed by atoms with Gasteiger partial charge in [0.15, 0.2) is 0 Å². The maximum absolute atomic E-state index is 9.14. The van der Waals surface area contributed by atoms with Crippen molar-refractivity contribution < 1.29 is 5.11 Å². The van der Waals surface area contributed by atoms with Crippen LogP contribution >= 0.6 is 15.9 Å². The van der Waals surface area contributed by atoms with E-state index >= 15 is 0 Å². The monoisotopic (exact) mass is 316 g/mol. The molecule has 0 fully saturated rings. The zero-order valence-corrected chi connectivity index (χ0v) is 12.6. The number of nitrogens with one attached hydrogen (secondary N) is 1. The topological polar surface area (TPSA) is 61.3 Å². The van der Waals surface area contributed by atoms with E-state index in [9.17, 15) is 0 Å². The Balaban J connectivity index is 2.89. The van der Waals surface area contributed by atoms with Gasteiger partial charge in [0.05, 0.1) is 11.1 Å². The molecular formula is C12H21BrN4O. The van der Waals surface area contributed by atoms with Crippen LogP contribution in [0.2, 0.25) is 0 Å². The molecule has 6 heteroatoms. The van der Waals surface area contributed by atoms with Crippen LogP contribution in [0.4, 0.5) is 11.8 Å². The fourth-order valence-electron chi connectivity index (χ4n) is 1.62. The first-order valence-electron chi connectivity index (χ1n) is 6.35. The molecule has 102 valence electrons. The van der Waals surface area contributed by atoms with Gasteiger partial charge in [-0.25, -0.2) is 4.98 Å². The van der Waals surface area contributed by atoms with Crippen molar-refractivity contribution in [1.29, 1.82) is 0 Å². The fraction of sp³-hybridized carbons (Fsp3) is 0.667. The molecule has 0 saturated carbocycles. The molecule has 0 aliphatic carbocycles. The van der Waals surface area contributed by atoms with E-state index in [1.165, 1.54) is 0 Å². The Morgan fingerprint density at radius 3 is 2.78 bits per heavy atom. The minimum absolute atomic E-state index is 0.122. The minimum Gasteiger partial charge on any atom is -0.395 e. The molecule has 1 rings (SSSR count). The van der Waals surface area contributed by atoms with E-state index in [1.807, 2.05) is 6.92 Å². The molecule has 0 unspecified atom stereocenters. The van der Waals surface area contributed by atoms with Crippen LogP contribution in [0.25, 0.3) is 0 Å². The molecule has 0 amide bonds. The molecule has 1 aromatic rings. The summed E-state index contributed by atoms with van der Waals surface area (Å²) in [7, 11) is 0. The Bertz CT molecular complexity index is 362. The van der Waals surface area contributed by atoms with E-state index in [2.05, 4.69) is 43.0 Å². The van der Waals surface area contributed by atoms with E-state index in [0.29, 0.717) is 12.5 Å². The highest BCUT2D eigenvalue weighted by atomic mass is 79.9. The molecule has 2 N–H and O–H groups in total. The molecule has 18 heavy (non-hydrogen) atoms. The number of rotatable bonds is 8. The Morgan fingerprint density at radius 2 is 2.17 bits per heavy atom. The van der Waals surface area contributed by atoms with Gasteiger partial charge in [-0.05, 0) is 29.3 Å². The van der Waals surface area contributed by atoms with E-state index in [0.717, 1.165) is 36.2 Å². The Morgan fingerprint density at radius 1 is 1.39 bits per heavy atom. The van der Waals surface area contributed by atoms with Crippen LogP contribution in [-0.4, -0.2) is 41.3 Å². The molecule has 0 spiro atoms. The first-order valence-corrected chi connectivity index (χ1v) is 7.14. The number of aliphatic hydroxyl groups excluding tert-OH is 1. The fourth-order valence-corrected chi connectivity index (χ4v) is 2.06. The maximum Gasteiger partial charge on any atom is 0.224 e. The normalized spacial score (nSPS) is 10.4. The summed E-state index contributed by atoms with van der Waals surface area (Å²) in [5, 5.41) is 12.2. The number of aromatic nitrogens is 2. The lowest BCUT2D eigenvalue weighted by atomic mass is 10.3. The molecule has 0 atom stereocenters. The van der Waals surface area contributed by atoms with Gasteiger partial charge < -0.3 is 15.3 Å². The van der Waals surface area contributed by atoms with Crippen molar-refractivity contribution in [2.45, 2.75) is 26.7 Å². The van der Waals surface area contributed by atoms with Gasteiger partial charge in [-0.2, -0.15) is 4.98 Å². The molecule has 0 saturated heterocycles. The second-order valence-corrected chi connectivity index (χ2v) is 4.81. The number of nitrogens with zero attached hydrogens (tertiary/aromatic N) is 3. The van der Waals surface area contributed by atoms with E-state index in [1.54, 1.807) is 6.20 Å². The van der Waals surface area contributed by atoms with Gasteiger partial charge in [-0.3, -0.25) is 0 Å². The van der Waals surface area contributed by atoms with Crippen LogP contribution in [0.5, 0.6) is 0 Å². The second-order valence-electron chi connectivity index (χ2n) is 3.96. The molecular weight excluding hydrogens is 296 g/mol. The number of hydrogen-bond donors (Lipinski definition) is 2. The van der Waals surface area contributed by atoms with Crippen molar-refractivity contribution in [3.63, 3.8) is 0 Å². The Kier molecular flexibility index (Phi) is 6.97. The zero-order chi connectivity index (χ0) is 13.4. The molecule has 1 aromatic heterocycles. The molecule has 0 aliphatic rings. The maximum atomic E-state index is 9.14. The van der Waals surface area contributed by atoms with Gasteiger partial charge >= 0.3 is 0 Å². The van der Waals surface area contributed by atoms with Crippen LogP contribution < -0.4 is 10.2 Å². The number of aliphatic hydroxyl groups is 1. The van der Waals surface area contributed by atoms with Crippen molar-refractivity contribution in [2.24, 2.45) is 0 Å². The molecule has 5 nitrogen and oxygen atoms in total. The Hall–Kier alpha value is -0.880. The first kappa shape index (κ1) is 15.2. The summed E-state index contributed by atoms with van der Waals surface area (Å²) in [5.74, 6) is 1.46. The van der Waals surface area contributed by atoms with Crippen molar-refractivity contribution >= 4 is 27.7 Å². The van der Waals surface area contributed by atoms with Crippen molar-refractivity contribution in [3.8, 4) is 0 Å². The lowest BCUT2D eigenvalue weighted by Crippen LogP contribution is -2.29. The standard InChI is InChI=1S/C12H21BrN4O/c1-3-5-6-17(7-8-18)11-10(13)9-15-12(16-11)14-4-2/h9,18H,3-8H2,1-2H3,(H,14,15,16). The summed E-state index contributed by atoms with van der Waals surface area (Å²) in [6.45, 7) is 6.54. The van der Waals surface area contributed by atoms with Gasteiger partial charge in [0, 0.05) is 25.8 Å². The smallest absolute Gasteiger partial charge is 0.224 e. The number of anilines is 2. The van der Waals surface area contributed by atoms with Crippen molar-refractivity contribution in [1.82, 2.24) is 9.97 Å². The SMILES string of the molecule is CCCCN(CCO)c1nc(NCC)ncc1Br. The van der Waals surface area contributed by atoms with E-state index in [-0.39, 0.29) is 6.61 Å². The predicted octanol–water partition coefficient (Wildman–Crippen LogP) is 2.27. The van der Waals surface area contributed by atoms with Crippen LogP contribution in [0.1, 0.15) is 26.7 Å². The lowest BCUT2D eigenvalue weighted by molar-refractivity contribution is 0.301. The average Bonchev–Trinajstić information content (AvgIpc) is 2.37. The molecule has 0 aliphatic heterocycles. The Labute approximate surface area is 117 Å². The summed E-state index contributed by atoms with van der Waals surface area (Å²) in [4.78, 5) is 10.8. The highest BCUT2D eigenvalue weighted by molar-refractivity contribution is 9.10. The van der Waals surface area contributed by atoms with Crippen LogP contribution in [-0.2, 0) is 0 Å². The third kappa shape index (κ3) is 4.42. The second kappa shape index (κ2) is 8.26.